The highest BCUT2D eigenvalue weighted by Gasteiger charge is 2.16. The van der Waals surface area contributed by atoms with E-state index in [9.17, 15) is 9.90 Å². The molecule has 4 heteroatoms. The Morgan fingerprint density at radius 2 is 2.07 bits per heavy atom. The van der Waals surface area contributed by atoms with Gasteiger partial charge in [-0.25, -0.2) is 0 Å². The fraction of sp³-hybridized carbons (Fsp3) is 0.364. The van der Waals surface area contributed by atoms with Crippen LogP contribution in [0.1, 0.15) is 30.1 Å². The molecule has 15 heavy (non-hydrogen) atoms. The molecular formula is C11H12Cl2O2. The Morgan fingerprint density at radius 1 is 1.40 bits per heavy atom. The van der Waals surface area contributed by atoms with Crippen molar-refractivity contribution in [1.82, 2.24) is 0 Å². The monoisotopic (exact) mass is 246 g/mol. The minimum Gasteiger partial charge on any atom is -0.385 e. The van der Waals surface area contributed by atoms with Gasteiger partial charge in [0.05, 0.1) is 10.0 Å². The average Bonchev–Trinajstić information content (AvgIpc) is 2.21. The number of rotatable bonds is 4. The molecule has 0 amide bonds. The van der Waals surface area contributed by atoms with E-state index in [2.05, 4.69) is 0 Å². The zero-order valence-corrected chi connectivity index (χ0v) is 9.85. The summed E-state index contributed by atoms with van der Waals surface area (Å²) in [5.74, 6) is -0.310. The summed E-state index contributed by atoms with van der Waals surface area (Å²) in [5.41, 5.74) is 0.394. The highest BCUT2D eigenvalue weighted by atomic mass is 35.5. The molecule has 0 aliphatic rings. The second kappa shape index (κ2) is 5.50. The third-order valence-corrected chi connectivity index (χ3v) is 2.81. The number of carbonyl (C=O) groups is 1. The molecule has 1 aromatic carbocycles. The zero-order chi connectivity index (χ0) is 11.4. The summed E-state index contributed by atoms with van der Waals surface area (Å²) in [6.07, 6.45) is 0.264. The first-order valence-corrected chi connectivity index (χ1v) is 5.49. The topological polar surface area (TPSA) is 37.3 Å². The van der Waals surface area contributed by atoms with Gasteiger partial charge in [-0.3, -0.25) is 4.79 Å². The minimum absolute atomic E-state index is 0.310. The van der Waals surface area contributed by atoms with Crippen LogP contribution in [0.3, 0.4) is 0 Å². The average molecular weight is 247 g/mol. The number of aliphatic hydroxyl groups is 1. The number of ketones is 1. The van der Waals surface area contributed by atoms with Gasteiger partial charge in [-0.15, -0.1) is 0 Å². The molecule has 0 aromatic heterocycles. The predicted molar refractivity (Wildman–Crippen MR) is 61.7 cm³/mol. The fourth-order valence-electron chi connectivity index (χ4n) is 1.25. The van der Waals surface area contributed by atoms with Crippen LogP contribution in [0.4, 0.5) is 0 Å². The third kappa shape index (κ3) is 3.20. The molecule has 0 radical (unpaired) electrons. The van der Waals surface area contributed by atoms with Crippen molar-refractivity contribution in [3.63, 3.8) is 0 Å². The van der Waals surface area contributed by atoms with Gasteiger partial charge in [0.25, 0.3) is 0 Å². The summed E-state index contributed by atoms with van der Waals surface area (Å²) in [4.78, 5) is 11.6. The van der Waals surface area contributed by atoms with Gasteiger partial charge in [0, 0.05) is 5.56 Å². The van der Waals surface area contributed by atoms with Crippen LogP contribution in [0.5, 0.6) is 0 Å². The molecule has 0 saturated carbocycles. The number of hydrogen-bond acceptors (Lipinski definition) is 2. The van der Waals surface area contributed by atoms with Crippen molar-refractivity contribution in [1.29, 1.82) is 0 Å². The molecule has 1 N–H and O–H groups in total. The van der Waals surface area contributed by atoms with Crippen molar-refractivity contribution < 1.29 is 9.90 Å². The lowest BCUT2D eigenvalue weighted by molar-refractivity contribution is 0.0729. The lowest BCUT2D eigenvalue weighted by atomic mass is 10.0. The molecule has 82 valence electrons. The van der Waals surface area contributed by atoms with Crippen LogP contribution in [0.25, 0.3) is 0 Å². The summed E-state index contributed by atoms with van der Waals surface area (Å²) in [6.45, 7) is 1.91. The molecular weight excluding hydrogens is 235 g/mol. The molecule has 1 rings (SSSR count). The molecule has 0 fully saturated rings. The number of hydrogen-bond donors (Lipinski definition) is 1. The van der Waals surface area contributed by atoms with E-state index >= 15 is 0 Å². The molecule has 1 unspecified atom stereocenters. The maximum Gasteiger partial charge on any atom is 0.191 e. The Labute approximate surface area is 98.8 Å². The van der Waals surface area contributed by atoms with E-state index < -0.39 is 6.10 Å². The Morgan fingerprint density at radius 3 is 2.60 bits per heavy atom. The minimum atomic E-state index is -0.952. The molecule has 0 bridgehead atoms. The molecule has 0 spiro atoms. The first-order valence-electron chi connectivity index (χ1n) is 4.73. The van der Waals surface area contributed by atoms with Gasteiger partial charge in [0.2, 0.25) is 0 Å². The summed E-state index contributed by atoms with van der Waals surface area (Å²) >= 11 is 11.5. The number of carbonyl (C=O) groups excluding carboxylic acids is 1. The first kappa shape index (κ1) is 12.5. The van der Waals surface area contributed by atoms with Crippen LogP contribution in [-0.4, -0.2) is 17.0 Å². The van der Waals surface area contributed by atoms with Gasteiger partial charge in [-0.1, -0.05) is 36.5 Å². The van der Waals surface area contributed by atoms with Crippen molar-refractivity contribution in [2.75, 3.05) is 0 Å². The van der Waals surface area contributed by atoms with Gasteiger partial charge in [0.15, 0.2) is 5.78 Å². The van der Waals surface area contributed by atoms with Crippen molar-refractivity contribution in [3.8, 4) is 0 Å². The van der Waals surface area contributed by atoms with E-state index in [-0.39, 0.29) is 5.78 Å². The third-order valence-electron chi connectivity index (χ3n) is 2.07. The predicted octanol–water partition coefficient (Wildman–Crippen LogP) is 3.34. The highest BCUT2D eigenvalue weighted by molar-refractivity contribution is 6.42. The van der Waals surface area contributed by atoms with Crippen LogP contribution < -0.4 is 0 Å². The smallest absolute Gasteiger partial charge is 0.191 e. The lowest BCUT2D eigenvalue weighted by Crippen LogP contribution is -2.19. The Hall–Kier alpha value is -0.570. The largest absolute Gasteiger partial charge is 0.385 e. The van der Waals surface area contributed by atoms with Crippen LogP contribution in [0.2, 0.25) is 10.0 Å². The van der Waals surface area contributed by atoms with E-state index in [0.29, 0.717) is 22.0 Å². The second-order valence-corrected chi connectivity index (χ2v) is 4.11. The second-order valence-electron chi connectivity index (χ2n) is 3.30. The molecule has 1 aromatic rings. The molecule has 0 aliphatic heterocycles. The quantitative estimate of drug-likeness (QED) is 0.828. The molecule has 1 atom stereocenters. The Balaban J connectivity index is 2.87. The number of benzene rings is 1. The Bertz CT molecular complexity index is 364. The summed E-state index contributed by atoms with van der Waals surface area (Å²) in [7, 11) is 0. The summed E-state index contributed by atoms with van der Waals surface area (Å²) in [6, 6.07) is 4.59. The molecule has 0 heterocycles. The van der Waals surface area contributed by atoms with Crippen molar-refractivity contribution in [2.45, 2.75) is 25.9 Å². The van der Waals surface area contributed by atoms with Gasteiger partial charge < -0.3 is 5.11 Å². The van der Waals surface area contributed by atoms with E-state index in [1.165, 1.54) is 6.07 Å². The van der Waals surface area contributed by atoms with E-state index in [0.717, 1.165) is 6.42 Å². The maximum atomic E-state index is 11.6. The van der Waals surface area contributed by atoms with Crippen molar-refractivity contribution >= 4 is 29.0 Å². The normalized spacial score (nSPS) is 12.5. The summed E-state index contributed by atoms with van der Waals surface area (Å²) < 4.78 is 0. The number of halogens is 2. The standard InChI is InChI=1S/C11H12Cl2O2/c1-2-3-10(14)11(15)7-4-5-8(12)9(13)6-7/h4-6,10,14H,2-3H2,1H3. The van der Waals surface area contributed by atoms with Crippen LogP contribution in [0, 0.1) is 0 Å². The molecule has 2 nitrogen and oxygen atoms in total. The highest BCUT2D eigenvalue weighted by Crippen LogP contribution is 2.23. The maximum absolute atomic E-state index is 11.6. The van der Waals surface area contributed by atoms with Gasteiger partial charge >= 0.3 is 0 Å². The van der Waals surface area contributed by atoms with E-state index in [1.54, 1.807) is 12.1 Å². The van der Waals surface area contributed by atoms with Gasteiger partial charge in [-0.2, -0.15) is 0 Å². The zero-order valence-electron chi connectivity index (χ0n) is 8.34. The molecule has 0 saturated heterocycles. The SMILES string of the molecule is CCCC(O)C(=O)c1ccc(Cl)c(Cl)c1. The van der Waals surface area contributed by atoms with E-state index in [4.69, 9.17) is 23.2 Å². The lowest BCUT2D eigenvalue weighted by Gasteiger charge is -2.08. The van der Waals surface area contributed by atoms with Crippen molar-refractivity contribution in [3.05, 3.63) is 33.8 Å². The van der Waals surface area contributed by atoms with Gasteiger partial charge in [-0.05, 0) is 24.6 Å². The fourth-order valence-corrected chi connectivity index (χ4v) is 1.54. The van der Waals surface area contributed by atoms with Crippen molar-refractivity contribution in [2.24, 2.45) is 0 Å². The number of aliphatic hydroxyl groups excluding tert-OH is 1. The van der Waals surface area contributed by atoms with Crippen LogP contribution in [-0.2, 0) is 0 Å². The number of Topliss-reactive ketones (excluding diaryl/α,β-unsaturated/α-hetero) is 1. The Kier molecular flexibility index (Phi) is 4.58. The summed E-state index contributed by atoms with van der Waals surface area (Å²) in [5, 5.41) is 10.2. The van der Waals surface area contributed by atoms with E-state index in [1.807, 2.05) is 6.92 Å². The molecule has 0 aliphatic carbocycles. The van der Waals surface area contributed by atoms with Crippen LogP contribution >= 0.6 is 23.2 Å². The van der Waals surface area contributed by atoms with Gasteiger partial charge in [0.1, 0.15) is 6.10 Å². The van der Waals surface area contributed by atoms with Crippen LogP contribution in [0.15, 0.2) is 18.2 Å². The first-order chi connectivity index (χ1) is 7.06.